The fourth-order valence-corrected chi connectivity index (χ4v) is 2.89. The first-order chi connectivity index (χ1) is 11.3. The number of amides is 2. The predicted octanol–water partition coefficient (Wildman–Crippen LogP) is 1.52. The minimum absolute atomic E-state index is 0.0337. The molecule has 0 bridgehead atoms. The zero-order valence-corrected chi connectivity index (χ0v) is 14.4. The minimum atomic E-state index is -0.932. The van der Waals surface area contributed by atoms with Crippen molar-refractivity contribution in [3.8, 4) is 0 Å². The largest absolute Gasteiger partial charge is 0.481 e. The van der Waals surface area contributed by atoms with Crippen LogP contribution in [0.1, 0.15) is 24.5 Å². The van der Waals surface area contributed by atoms with Crippen molar-refractivity contribution >= 4 is 17.8 Å². The van der Waals surface area contributed by atoms with Gasteiger partial charge in [-0.05, 0) is 12.5 Å². The highest BCUT2D eigenvalue weighted by molar-refractivity contribution is 5.89. The fourth-order valence-electron chi connectivity index (χ4n) is 2.89. The lowest BCUT2D eigenvalue weighted by Crippen LogP contribution is -2.38. The van der Waals surface area contributed by atoms with Crippen LogP contribution < -0.4 is 0 Å². The zero-order chi connectivity index (χ0) is 17.9. The molecule has 1 N–H and O–H groups in total. The summed E-state index contributed by atoms with van der Waals surface area (Å²) >= 11 is 0. The molecule has 24 heavy (non-hydrogen) atoms. The Bertz CT molecular complexity index is 626. The van der Waals surface area contributed by atoms with Gasteiger partial charge in [0.2, 0.25) is 11.8 Å². The quantitative estimate of drug-likeness (QED) is 0.857. The topological polar surface area (TPSA) is 77.9 Å². The minimum Gasteiger partial charge on any atom is -0.481 e. The molecule has 2 atom stereocenters. The highest BCUT2D eigenvalue weighted by Gasteiger charge is 2.36. The third-order valence-corrected chi connectivity index (χ3v) is 4.40. The highest BCUT2D eigenvalue weighted by Crippen LogP contribution is 2.22. The second-order valence-electron chi connectivity index (χ2n) is 6.62. The van der Waals surface area contributed by atoms with Crippen LogP contribution in [0.5, 0.6) is 0 Å². The summed E-state index contributed by atoms with van der Waals surface area (Å²) in [7, 11) is 1.59. The number of benzene rings is 1. The first-order valence-electron chi connectivity index (χ1n) is 8.09. The van der Waals surface area contributed by atoms with Gasteiger partial charge in [-0.25, -0.2) is 0 Å². The molecular formula is C18H24N2O4. The number of hydrogen-bond acceptors (Lipinski definition) is 3. The van der Waals surface area contributed by atoms with E-state index < -0.39 is 17.8 Å². The second kappa shape index (κ2) is 7.47. The number of carboxylic acid groups (broad SMARTS) is 1. The Labute approximate surface area is 142 Å². The molecule has 1 aromatic carbocycles. The van der Waals surface area contributed by atoms with Gasteiger partial charge in [-0.3, -0.25) is 14.4 Å². The van der Waals surface area contributed by atoms with Gasteiger partial charge in [-0.15, -0.1) is 0 Å². The molecule has 0 unspecified atom stereocenters. The van der Waals surface area contributed by atoms with Crippen LogP contribution >= 0.6 is 0 Å². The summed E-state index contributed by atoms with van der Waals surface area (Å²) in [6.07, 6.45) is 0.191. The molecule has 0 spiro atoms. The van der Waals surface area contributed by atoms with E-state index in [-0.39, 0.29) is 24.8 Å². The molecule has 1 aliphatic rings. The lowest BCUT2D eigenvalue weighted by Gasteiger charge is -2.23. The molecule has 6 nitrogen and oxygen atoms in total. The number of aliphatic carboxylic acids is 1. The fraction of sp³-hybridized carbons (Fsp3) is 0.500. The van der Waals surface area contributed by atoms with E-state index in [2.05, 4.69) is 0 Å². The second-order valence-corrected chi connectivity index (χ2v) is 6.62. The van der Waals surface area contributed by atoms with Crippen LogP contribution in [0, 0.1) is 18.8 Å². The number of carbonyl (C=O) groups excluding carboxylic acids is 2. The number of rotatable bonds is 6. The smallest absolute Gasteiger partial charge is 0.308 e. The van der Waals surface area contributed by atoms with Crippen molar-refractivity contribution in [2.75, 3.05) is 20.1 Å². The molecule has 1 fully saturated rings. The molecule has 2 rings (SSSR count). The molecule has 1 saturated heterocycles. The zero-order valence-electron chi connectivity index (χ0n) is 14.4. The van der Waals surface area contributed by atoms with Crippen LogP contribution in [0.15, 0.2) is 24.3 Å². The molecule has 1 aromatic rings. The molecule has 0 saturated carbocycles. The van der Waals surface area contributed by atoms with E-state index in [0.29, 0.717) is 13.1 Å². The molecule has 2 amide bonds. The Hall–Kier alpha value is -2.37. The van der Waals surface area contributed by atoms with Crippen molar-refractivity contribution in [2.45, 2.75) is 26.8 Å². The van der Waals surface area contributed by atoms with Gasteiger partial charge in [0.15, 0.2) is 0 Å². The molecule has 1 aliphatic heterocycles. The first-order valence-corrected chi connectivity index (χ1v) is 8.09. The van der Waals surface area contributed by atoms with Gasteiger partial charge in [0.05, 0.1) is 11.8 Å². The van der Waals surface area contributed by atoms with Crippen LogP contribution in [0.25, 0.3) is 0 Å². The maximum atomic E-state index is 12.4. The molecular weight excluding hydrogens is 308 g/mol. The summed E-state index contributed by atoms with van der Waals surface area (Å²) in [6.45, 7) is 4.61. The molecule has 1 heterocycles. The predicted molar refractivity (Wildman–Crippen MR) is 89.1 cm³/mol. The third kappa shape index (κ3) is 4.34. The standard InChI is InChI=1S/C18H24N2O4/c1-12-4-6-14(7-5-12)10-20-11-15(8-16(20)21)17(22)19(3)9-13(2)18(23)24/h4-7,13,15H,8-11H2,1-3H3,(H,23,24)/t13-,15+/m0/s1. The Morgan fingerprint density at radius 1 is 1.33 bits per heavy atom. The number of hydrogen-bond donors (Lipinski definition) is 1. The van der Waals surface area contributed by atoms with E-state index in [9.17, 15) is 14.4 Å². The van der Waals surface area contributed by atoms with Crippen LogP contribution in [-0.4, -0.2) is 52.8 Å². The summed E-state index contributed by atoms with van der Waals surface area (Å²) in [5, 5.41) is 8.95. The Morgan fingerprint density at radius 3 is 2.54 bits per heavy atom. The van der Waals surface area contributed by atoms with E-state index in [1.54, 1.807) is 18.9 Å². The number of aryl methyl sites for hydroxylation is 1. The average molecular weight is 332 g/mol. The average Bonchev–Trinajstić information content (AvgIpc) is 2.89. The van der Waals surface area contributed by atoms with Crippen LogP contribution in [-0.2, 0) is 20.9 Å². The van der Waals surface area contributed by atoms with Gasteiger partial charge >= 0.3 is 5.97 Å². The summed E-state index contributed by atoms with van der Waals surface area (Å²) in [5.41, 5.74) is 2.20. The highest BCUT2D eigenvalue weighted by atomic mass is 16.4. The summed E-state index contributed by atoms with van der Waals surface area (Å²) in [6, 6.07) is 7.97. The first kappa shape index (κ1) is 18.0. The Kier molecular flexibility index (Phi) is 5.59. The van der Waals surface area contributed by atoms with Crippen molar-refractivity contribution in [3.63, 3.8) is 0 Å². The molecule has 0 aliphatic carbocycles. The van der Waals surface area contributed by atoms with Gasteiger partial charge in [-0.1, -0.05) is 36.8 Å². The van der Waals surface area contributed by atoms with Crippen LogP contribution in [0.3, 0.4) is 0 Å². The van der Waals surface area contributed by atoms with E-state index in [1.165, 1.54) is 4.90 Å². The summed E-state index contributed by atoms with van der Waals surface area (Å²) in [5.74, 6) is -2.15. The van der Waals surface area contributed by atoms with Crippen molar-refractivity contribution in [1.29, 1.82) is 0 Å². The van der Waals surface area contributed by atoms with Crippen LogP contribution in [0.4, 0.5) is 0 Å². The molecule has 6 heteroatoms. The lowest BCUT2D eigenvalue weighted by atomic mass is 10.1. The molecule has 130 valence electrons. The van der Waals surface area contributed by atoms with Gasteiger partial charge < -0.3 is 14.9 Å². The summed E-state index contributed by atoms with van der Waals surface area (Å²) < 4.78 is 0. The lowest BCUT2D eigenvalue weighted by molar-refractivity contribution is -0.143. The van der Waals surface area contributed by atoms with E-state index in [4.69, 9.17) is 5.11 Å². The van der Waals surface area contributed by atoms with E-state index >= 15 is 0 Å². The Morgan fingerprint density at radius 2 is 1.96 bits per heavy atom. The SMILES string of the molecule is Cc1ccc(CN2C[C@H](C(=O)N(C)C[C@H](C)C(=O)O)CC2=O)cc1. The van der Waals surface area contributed by atoms with E-state index in [0.717, 1.165) is 11.1 Å². The maximum absolute atomic E-state index is 12.4. The van der Waals surface area contributed by atoms with Crippen molar-refractivity contribution in [2.24, 2.45) is 11.8 Å². The maximum Gasteiger partial charge on any atom is 0.308 e. The number of carbonyl (C=O) groups is 3. The van der Waals surface area contributed by atoms with Crippen molar-refractivity contribution in [1.82, 2.24) is 9.80 Å². The van der Waals surface area contributed by atoms with Crippen LogP contribution in [0.2, 0.25) is 0 Å². The van der Waals surface area contributed by atoms with E-state index in [1.807, 2.05) is 31.2 Å². The Balaban J connectivity index is 1.94. The third-order valence-electron chi connectivity index (χ3n) is 4.40. The number of nitrogens with zero attached hydrogens (tertiary/aromatic N) is 2. The van der Waals surface area contributed by atoms with Gasteiger partial charge in [0, 0.05) is 33.1 Å². The van der Waals surface area contributed by atoms with Crippen molar-refractivity contribution in [3.05, 3.63) is 35.4 Å². The molecule has 0 radical (unpaired) electrons. The van der Waals surface area contributed by atoms with Gasteiger partial charge in [-0.2, -0.15) is 0 Å². The summed E-state index contributed by atoms with van der Waals surface area (Å²) in [4.78, 5) is 38.6. The van der Waals surface area contributed by atoms with Gasteiger partial charge in [0.1, 0.15) is 0 Å². The normalized spacial score (nSPS) is 18.5. The number of likely N-dealkylation sites (tertiary alicyclic amines) is 1. The van der Waals surface area contributed by atoms with Gasteiger partial charge in [0.25, 0.3) is 0 Å². The van der Waals surface area contributed by atoms with Crippen molar-refractivity contribution < 1.29 is 19.5 Å². The number of carboxylic acids is 1. The monoisotopic (exact) mass is 332 g/mol. The molecule has 0 aromatic heterocycles.